The van der Waals surface area contributed by atoms with Gasteiger partial charge in [0.25, 0.3) is 5.91 Å². The van der Waals surface area contributed by atoms with Crippen LogP contribution in [0.25, 0.3) is 0 Å². The van der Waals surface area contributed by atoms with Gasteiger partial charge >= 0.3 is 0 Å². The molecule has 0 saturated heterocycles. The number of rotatable bonds is 3. The van der Waals surface area contributed by atoms with Crippen LogP contribution in [0.1, 0.15) is 40.2 Å². The number of thioether (sulfide) groups is 1. The Kier molecular flexibility index (Phi) is 4.41. The van der Waals surface area contributed by atoms with Crippen LogP contribution in [0.2, 0.25) is 5.02 Å². The van der Waals surface area contributed by atoms with Crippen molar-refractivity contribution in [3.05, 3.63) is 34.9 Å². The summed E-state index contributed by atoms with van der Waals surface area (Å²) < 4.78 is -0.487. The van der Waals surface area contributed by atoms with Gasteiger partial charge in [0, 0.05) is 5.02 Å². The highest BCUT2D eigenvalue weighted by atomic mass is 35.5. The molecule has 1 amide bonds. The number of carbonyl (C=O) groups is 1. The fraction of sp³-hybridized carbons (Fsp3) is 0.500. The summed E-state index contributed by atoms with van der Waals surface area (Å²) in [6, 6.07) is 7.72. The monoisotopic (exact) mass is 324 g/mol. The number of hydrogen-bond acceptors (Lipinski definition) is 3. The molecule has 1 heterocycles. The van der Waals surface area contributed by atoms with Crippen molar-refractivity contribution in [2.45, 2.75) is 44.9 Å². The van der Waals surface area contributed by atoms with Crippen molar-refractivity contribution < 1.29 is 4.79 Å². The first-order valence-electron chi connectivity index (χ1n) is 7.02. The second-order valence-electron chi connectivity index (χ2n) is 6.32. The smallest absolute Gasteiger partial charge is 0.264 e. The fourth-order valence-corrected chi connectivity index (χ4v) is 3.77. The Hall–Kier alpha value is -1.00. The van der Waals surface area contributed by atoms with E-state index in [4.69, 9.17) is 11.6 Å². The van der Waals surface area contributed by atoms with Gasteiger partial charge in [0.1, 0.15) is 4.75 Å². The summed E-state index contributed by atoms with van der Waals surface area (Å²) in [6.07, 6.45) is 0. The van der Waals surface area contributed by atoms with E-state index in [1.165, 1.54) is 11.8 Å². The third-order valence-corrected chi connectivity index (χ3v) is 5.79. The third kappa shape index (κ3) is 3.11. The Bertz CT molecular complexity index is 598. The second kappa shape index (κ2) is 5.65. The quantitative estimate of drug-likeness (QED) is 0.905. The zero-order valence-electron chi connectivity index (χ0n) is 13.0. The first-order valence-corrected chi connectivity index (χ1v) is 8.21. The molecule has 0 aromatic heterocycles. The minimum Gasteiger partial charge on any atom is -0.355 e. The van der Waals surface area contributed by atoms with Crippen LogP contribution in [0, 0.1) is 5.92 Å². The summed E-state index contributed by atoms with van der Waals surface area (Å²) in [7, 11) is 0. The summed E-state index contributed by atoms with van der Waals surface area (Å²) in [4.78, 5) is 16.4. The van der Waals surface area contributed by atoms with Crippen LogP contribution in [0.3, 0.4) is 0 Å². The number of hydrogen-bond donors (Lipinski definition) is 1. The molecule has 0 saturated carbocycles. The predicted molar refractivity (Wildman–Crippen MR) is 90.9 cm³/mol. The van der Waals surface area contributed by atoms with Crippen molar-refractivity contribution in [1.82, 2.24) is 5.32 Å². The second-order valence-corrected chi connectivity index (χ2v) is 8.16. The van der Waals surface area contributed by atoms with Gasteiger partial charge in [-0.15, -0.1) is 0 Å². The summed E-state index contributed by atoms with van der Waals surface area (Å²) in [5.74, 6) is 0.154. The van der Waals surface area contributed by atoms with Crippen LogP contribution in [0.4, 0.5) is 0 Å². The molecule has 1 atom stereocenters. The van der Waals surface area contributed by atoms with Gasteiger partial charge in [-0.2, -0.15) is 4.99 Å². The van der Waals surface area contributed by atoms with Gasteiger partial charge in [0.05, 0.1) is 5.54 Å². The van der Waals surface area contributed by atoms with Gasteiger partial charge in [0.2, 0.25) is 0 Å². The minimum absolute atomic E-state index is 0.0695. The number of carbonyl (C=O) groups excluding carboxylic acids is 1. The summed E-state index contributed by atoms with van der Waals surface area (Å²) in [5.41, 5.74) is 0.590. The van der Waals surface area contributed by atoms with E-state index in [9.17, 15) is 4.79 Å². The molecule has 1 N–H and O–H groups in total. The lowest BCUT2D eigenvalue weighted by Gasteiger charge is -2.30. The zero-order valence-corrected chi connectivity index (χ0v) is 14.6. The van der Waals surface area contributed by atoms with Gasteiger partial charge in [-0.05, 0) is 38.3 Å². The van der Waals surface area contributed by atoms with Gasteiger partial charge in [0.15, 0.2) is 5.17 Å². The molecule has 0 bridgehead atoms. The van der Waals surface area contributed by atoms with Crippen LogP contribution >= 0.6 is 23.4 Å². The van der Waals surface area contributed by atoms with Gasteiger partial charge < -0.3 is 5.32 Å². The maximum Gasteiger partial charge on any atom is 0.264 e. The normalized spacial score (nSPS) is 22.6. The fourth-order valence-electron chi connectivity index (χ4n) is 2.19. The number of amides is 1. The maximum absolute atomic E-state index is 12.2. The molecule has 3 nitrogen and oxygen atoms in total. The van der Waals surface area contributed by atoms with Gasteiger partial charge in [-0.1, -0.05) is 55.4 Å². The molecule has 1 unspecified atom stereocenters. The van der Waals surface area contributed by atoms with Crippen LogP contribution in [0.5, 0.6) is 0 Å². The summed E-state index contributed by atoms with van der Waals surface area (Å²) in [6.45, 7) is 10.1. The maximum atomic E-state index is 12.2. The third-order valence-electron chi connectivity index (χ3n) is 4.00. The van der Waals surface area contributed by atoms with E-state index >= 15 is 0 Å². The molecule has 1 aromatic carbocycles. The molecule has 0 aliphatic carbocycles. The molecule has 5 heteroatoms. The Morgan fingerprint density at radius 2 is 1.95 bits per heavy atom. The predicted octanol–water partition coefficient (Wildman–Crippen LogP) is 4.21. The molecule has 2 rings (SSSR count). The molecular weight excluding hydrogens is 304 g/mol. The molecule has 1 aliphatic rings. The topological polar surface area (TPSA) is 41.5 Å². The van der Waals surface area contributed by atoms with Gasteiger partial charge in [-0.25, -0.2) is 0 Å². The lowest BCUT2D eigenvalue weighted by atomic mass is 9.94. The summed E-state index contributed by atoms with van der Waals surface area (Å²) >= 11 is 7.78. The highest BCUT2D eigenvalue weighted by Crippen LogP contribution is 2.40. The Balaban J connectivity index is 2.22. The van der Waals surface area contributed by atoms with E-state index in [1.807, 2.05) is 58.9 Å². The summed E-state index contributed by atoms with van der Waals surface area (Å²) in [5, 5.41) is 4.73. The van der Waals surface area contributed by atoms with Crippen molar-refractivity contribution in [1.29, 1.82) is 0 Å². The number of nitrogens with zero attached hydrogens (tertiary/aromatic N) is 1. The van der Waals surface area contributed by atoms with E-state index in [2.05, 4.69) is 10.3 Å². The van der Waals surface area contributed by atoms with Crippen molar-refractivity contribution in [3.8, 4) is 0 Å². The number of aliphatic imine (C=N–C) groups is 1. The zero-order chi connectivity index (χ0) is 15.8. The van der Waals surface area contributed by atoms with E-state index in [-0.39, 0.29) is 11.8 Å². The number of benzene rings is 1. The molecule has 0 fully saturated rings. The lowest BCUT2D eigenvalue weighted by Crippen LogP contribution is -2.40. The highest BCUT2D eigenvalue weighted by molar-refractivity contribution is 8.16. The van der Waals surface area contributed by atoms with Crippen LogP contribution < -0.4 is 5.32 Å². The first-order chi connectivity index (χ1) is 9.67. The van der Waals surface area contributed by atoms with Crippen LogP contribution in [0.15, 0.2) is 29.3 Å². The molecular formula is C16H21ClN2OS. The van der Waals surface area contributed by atoms with Crippen molar-refractivity contribution in [2.24, 2.45) is 10.9 Å². The number of halogens is 1. The number of nitrogens with one attached hydrogen (secondary N) is 1. The van der Waals surface area contributed by atoms with Crippen molar-refractivity contribution in [3.63, 3.8) is 0 Å². The van der Waals surface area contributed by atoms with E-state index in [1.54, 1.807) is 0 Å². The molecule has 1 aliphatic heterocycles. The van der Waals surface area contributed by atoms with Crippen molar-refractivity contribution >= 4 is 34.4 Å². The SMILES string of the molecule is CC(C)C1(C)SC(NC(C)(C)c2ccccc2Cl)=NC1=O. The van der Waals surface area contributed by atoms with E-state index in [0.29, 0.717) is 10.2 Å². The average molecular weight is 325 g/mol. The lowest BCUT2D eigenvalue weighted by molar-refractivity contribution is -0.120. The van der Waals surface area contributed by atoms with E-state index in [0.717, 1.165) is 5.56 Å². The molecule has 1 aromatic rings. The van der Waals surface area contributed by atoms with Crippen LogP contribution in [-0.4, -0.2) is 15.8 Å². The molecule has 0 spiro atoms. The molecule has 114 valence electrons. The molecule has 21 heavy (non-hydrogen) atoms. The van der Waals surface area contributed by atoms with Gasteiger partial charge in [-0.3, -0.25) is 4.79 Å². The largest absolute Gasteiger partial charge is 0.355 e. The Labute approximate surface area is 135 Å². The highest BCUT2D eigenvalue weighted by Gasteiger charge is 2.44. The number of amidine groups is 1. The first kappa shape index (κ1) is 16.4. The van der Waals surface area contributed by atoms with Crippen LogP contribution in [-0.2, 0) is 10.3 Å². The van der Waals surface area contributed by atoms with Crippen molar-refractivity contribution in [2.75, 3.05) is 0 Å². The molecule has 0 radical (unpaired) electrons. The average Bonchev–Trinajstić information content (AvgIpc) is 2.65. The Morgan fingerprint density at radius 1 is 1.33 bits per heavy atom. The standard InChI is InChI=1S/C16H21ClN2OS/c1-10(2)16(5)13(20)18-14(21-16)19-15(3,4)11-8-6-7-9-12(11)17/h6-10H,1-5H3,(H,18,19,20). The minimum atomic E-state index is -0.487. The van der Waals surface area contributed by atoms with E-state index < -0.39 is 10.3 Å². The Morgan fingerprint density at radius 3 is 2.48 bits per heavy atom.